The van der Waals surface area contributed by atoms with E-state index in [1.165, 1.54) is 13.0 Å². The lowest BCUT2D eigenvalue weighted by Crippen LogP contribution is -2.43. The van der Waals surface area contributed by atoms with Gasteiger partial charge in [0.25, 0.3) is 5.91 Å². The fraction of sp³-hybridized carbons (Fsp3) is 0.429. The van der Waals surface area contributed by atoms with Crippen molar-refractivity contribution in [3.05, 3.63) is 29.3 Å². The van der Waals surface area contributed by atoms with Gasteiger partial charge in [-0.2, -0.15) is 0 Å². The number of nitrogens with one attached hydrogen (secondary N) is 1. The van der Waals surface area contributed by atoms with Crippen LogP contribution in [-0.4, -0.2) is 41.5 Å². The number of carbonyl (C=O) groups excluding carboxylic acids is 1. The van der Waals surface area contributed by atoms with Crippen molar-refractivity contribution in [3.63, 3.8) is 0 Å². The minimum absolute atomic E-state index is 0.0496. The second-order valence-electron chi connectivity index (χ2n) is 5.38. The van der Waals surface area contributed by atoms with E-state index < -0.39 is 0 Å². The first kappa shape index (κ1) is 11.4. The minimum Gasteiger partial charge on any atom is -0.348 e. The summed E-state index contributed by atoms with van der Waals surface area (Å²) in [4.78, 5) is 19.1. The maximum Gasteiger partial charge on any atom is 0.253 e. The van der Waals surface area contributed by atoms with Crippen molar-refractivity contribution >= 4 is 27.5 Å². The standard InChI is InChI=1S/C14H15N3OS/c18-14(16-12-8-17-5-2-9(12)7-17)10-1-4-15-11-3-6-19-13(10)11/h1,3-4,6,9,12H,2,5,7-8H2,(H,16,18). The summed E-state index contributed by atoms with van der Waals surface area (Å²) < 4.78 is 0.989. The number of piperidine rings is 1. The normalized spacial score (nSPS) is 28.9. The fourth-order valence-corrected chi connectivity index (χ4v) is 4.11. The van der Waals surface area contributed by atoms with Crippen LogP contribution in [0, 0.1) is 5.92 Å². The van der Waals surface area contributed by atoms with Crippen LogP contribution in [0.3, 0.4) is 0 Å². The van der Waals surface area contributed by atoms with Gasteiger partial charge in [-0.25, -0.2) is 0 Å². The third-order valence-electron chi connectivity index (χ3n) is 4.24. The molecule has 2 aromatic heterocycles. The van der Waals surface area contributed by atoms with Crippen molar-refractivity contribution in [2.75, 3.05) is 19.6 Å². The van der Waals surface area contributed by atoms with Gasteiger partial charge in [-0.1, -0.05) is 0 Å². The van der Waals surface area contributed by atoms with Crippen LogP contribution >= 0.6 is 11.3 Å². The number of hydrogen-bond acceptors (Lipinski definition) is 4. The van der Waals surface area contributed by atoms with E-state index in [1.54, 1.807) is 17.5 Å². The highest BCUT2D eigenvalue weighted by molar-refractivity contribution is 7.17. The topological polar surface area (TPSA) is 45.2 Å². The quantitative estimate of drug-likeness (QED) is 0.906. The molecule has 19 heavy (non-hydrogen) atoms. The smallest absolute Gasteiger partial charge is 0.253 e. The first-order chi connectivity index (χ1) is 9.31. The maximum atomic E-state index is 12.4. The van der Waals surface area contributed by atoms with Crippen LogP contribution in [0.15, 0.2) is 23.7 Å². The summed E-state index contributed by atoms with van der Waals surface area (Å²) in [5.74, 6) is 0.693. The molecule has 4 rings (SSSR count). The molecule has 2 aromatic rings. The lowest BCUT2D eigenvalue weighted by atomic mass is 10.00. The van der Waals surface area contributed by atoms with Crippen LogP contribution in [0.4, 0.5) is 0 Å². The van der Waals surface area contributed by atoms with Gasteiger partial charge in [0.2, 0.25) is 0 Å². The molecule has 2 bridgehead atoms. The van der Waals surface area contributed by atoms with Crippen LogP contribution in [0.1, 0.15) is 16.8 Å². The van der Waals surface area contributed by atoms with Crippen molar-refractivity contribution < 1.29 is 4.79 Å². The van der Waals surface area contributed by atoms with Crippen molar-refractivity contribution in [1.29, 1.82) is 0 Å². The molecule has 2 aliphatic rings. The summed E-state index contributed by atoms with van der Waals surface area (Å²) in [7, 11) is 0. The molecule has 2 aliphatic heterocycles. The Morgan fingerprint density at radius 3 is 3.16 bits per heavy atom. The summed E-state index contributed by atoms with van der Waals surface area (Å²) in [6.45, 7) is 3.35. The highest BCUT2D eigenvalue weighted by Gasteiger charge is 2.38. The summed E-state index contributed by atoms with van der Waals surface area (Å²) in [5, 5.41) is 5.19. The van der Waals surface area contributed by atoms with Gasteiger partial charge in [0.05, 0.1) is 15.8 Å². The summed E-state index contributed by atoms with van der Waals surface area (Å²) in [5.41, 5.74) is 1.67. The Morgan fingerprint density at radius 1 is 1.42 bits per heavy atom. The Balaban J connectivity index is 1.59. The van der Waals surface area contributed by atoms with Gasteiger partial charge < -0.3 is 10.2 Å². The first-order valence-corrected chi connectivity index (χ1v) is 7.54. The molecule has 4 nitrogen and oxygen atoms in total. The largest absolute Gasteiger partial charge is 0.348 e. The molecule has 0 radical (unpaired) electrons. The van der Waals surface area contributed by atoms with E-state index in [1.807, 2.05) is 17.5 Å². The average Bonchev–Trinajstić information content (AvgIpc) is 3.13. The third-order valence-corrected chi connectivity index (χ3v) is 5.17. The number of pyridine rings is 1. The third kappa shape index (κ3) is 1.84. The summed E-state index contributed by atoms with van der Waals surface area (Å²) in [6, 6.07) is 4.10. The molecule has 4 heterocycles. The SMILES string of the molecule is O=C(NC1CN2CCC1C2)c1ccnc2ccsc12. The number of amides is 1. The van der Waals surface area contributed by atoms with E-state index in [-0.39, 0.29) is 5.91 Å². The monoisotopic (exact) mass is 273 g/mol. The van der Waals surface area contributed by atoms with E-state index >= 15 is 0 Å². The van der Waals surface area contributed by atoms with Crippen LogP contribution in [0.25, 0.3) is 10.2 Å². The summed E-state index contributed by atoms with van der Waals surface area (Å²) in [6.07, 6.45) is 2.93. The van der Waals surface area contributed by atoms with E-state index in [0.717, 1.165) is 28.9 Å². The number of aromatic nitrogens is 1. The number of nitrogens with zero attached hydrogens (tertiary/aromatic N) is 2. The molecule has 0 saturated carbocycles. The van der Waals surface area contributed by atoms with Crippen LogP contribution < -0.4 is 5.32 Å². The molecule has 3 unspecified atom stereocenters. The average molecular weight is 273 g/mol. The van der Waals surface area contributed by atoms with E-state index in [0.29, 0.717) is 12.0 Å². The number of rotatable bonds is 2. The zero-order chi connectivity index (χ0) is 12.8. The molecule has 0 aliphatic carbocycles. The van der Waals surface area contributed by atoms with Crippen molar-refractivity contribution in [3.8, 4) is 0 Å². The molecule has 0 aromatic carbocycles. The van der Waals surface area contributed by atoms with E-state index in [9.17, 15) is 4.79 Å². The highest BCUT2D eigenvalue weighted by Crippen LogP contribution is 2.28. The molecule has 5 heteroatoms. The molecular formula is C14H15N3OS. The number of thiophene rings is 1. The molecular weight excluding hydrogens is 258 g/mol. The van der Waals surface area contributed by atoms with Gasteiger partial charge in [0, 0.05) is 25.3 Å². The second kappa shape index (κ2) is 4.28. The Morgan fingerprint density at radius 2 is 2.37 bits per heavy atom. The predicted molar refractivity (Wildman–Crippen MR) is 75.4 cm³/mol. The molecule has 1 amide bonds. The van der Waals surface area contributed by atoms with Crippen LogP contribution in [0.2, 0.25) is 0 Å². The van der Waals surface area contributed by atoms with E-state index in [4.69, 9.17) is 0 Å². The number of hydrogen-bond donors (Lipinski definition) is 1. The Kier molecular flexibility index (Phi) is 2.56. The van der Waals surface area contributed by atoms with Crippen molar-refractivity contribution in [2.45, 2.75) is 12.5 Å². The Labute approximate surface area is 115 Å². The van der Waals surface area contributed by atoms with Crippen LogP contribution in [0.5, 0.6) is 0 Å². The van der Waals surface area contributed by atoms with Gasteiger partial charge in [0.1, 0.15) is 0 Å². The molecule has 98 valence electrons. The van der Waals surface area contributed by atoms with Gasteiger partial charge in [-0.05, 0) is 36.4 Å². The lowest BCUT2D eigenvalue weighted by molar-refractivity contribution is 0.0926. The minimum atomic E-state index is 0.0496. The molecule has 3 atom stereocenters. The van der Waals surface area contributed by atoms with Crippen LogP contribution in [-0.2, 0) is 0 Å². The maximum absolute atomic E-state index is 12.4. The van der Waals surface area contributed by atoms with Gasteiger partial charge in [-0.15, -0.1) is 11.3 Å². The van der Waals surface area contributed by atoms with Gasteiger partial charge >= 0.3 is 0 Å². The van der Waals surface area contributed by atoms with Crippen molar-refractivity contribution in [1.82, 2.24) is 15.2 Å². The first-order valence-electron chi connectivity index (χ1n) is 6.67. The second-order valence-corrected chi connectivity index (χ2v) is 6.30. The number of carbonyl (C=O) groups is 1. The van der Waals surface area contributed by atoms with Crippen molar-refractivity contribution in [2.24, 2.45) is 5.92 Å². The molecule has 1 N–H and O–H groups in total. The Hall–Kier alpha value is -1.46. The zero-order valence-electron chi connectivity index (χ0n) is 10.5. The zero-order valence-corrected chi connectivity index (χ0v) is 11.3. The predicted octanol–water partition coefficient (Wildman–Crippen LogP) is 1.73. The Bertz CT molecular complexity index is 638. The van der Waals surface area contributed by atoms with Gasteiger partial charge in [0.15, 0.2) is 0 Å². The molecule has 0 spiro atoms. The van der Waals surface area contributed by atoms with Gasteiger partial charge in [-0.3, -0.25) is 9.78 Å². The fourth-order valence-electron chi connectivity index (χ4n) is 3.25. The molecule has 2 saturated heterocycles. The highest BCUT2D eigenvalue weighted by atomic mass is 32.1. The molecule has 2 fully saturated rings. The van der Waals surface area contributed by atoms with E-state index in [2.05, 4.69) is 15.2 Å². The number of fused-ring (bicyclic) bond motifs is 3. The lowest BCUT2D eigenvalue weighted by Gasteiger charge is -2.23. The summed E-state index contributed by atoms with van der Waals surface area (Å²) >= 11 is 1.58.